The second-order valence-electron chi connectivity index (χ2n) is 11.9. The van der Waals surface area contributed by atoms with Crippen LogP contribution in [0.15, 0.2) is 30.3 Å². The van der Waals surface area contributed by atoms with Gasteiger partial charge in [-0.1, -0.05) is 12.1 Å². The fourth-order valence-electron chi connectivity index (χ4n) is 6.87. The highest BCUT2D eigenvalue weighted by atomic mass is 19.4. The Bertz CT molecular complexity index is 1450. The molecule has 8 nitrogen and oxygen atoms in total. The number of nitrogens with one attached hydrogen (secondary N) is 1. The van der Waals surface area contributed by atoms with Gasteiger partial charge < -0.3 is 20.1 Å². The molecule has 41 heavy (non-hydrogen) atoms. The van der Waals surface area contributed by atoms with Crippen molar-refractivity contribution in [3.63, 3.8) is 0 Å². The molecule has 216 valence electrons. The maximum atomic E-state index is 14.2. The number of piperidine rings is 1. The molecule has 0 unspecified atom stereocenters. The second-order valence-corrected chi connectivity index (χ2v) is 11.9. The zero-order valence-electron chi connectivity index (χ0n) is 22.7. The fraction of sp³-hybridized carbons (Fsp3) is 0.500. The minimum absolute atomic E-state index is 0.0580. The lowest BCUT2D eigenvalue weighted by molar-refractivity contribution is -0.137. The summed E-state index contributed by atoms with van der Waals surface area (Å²) in [5.41, 5.74) is -0.146. The number of aliphatic hydroxyl groups is 1. The average molecular weight is 569 g/mol. The van der Waals surface area contributed by atoms with Crippen LogP contribution >= 0.6 is 0 Å². The summed E-state index contributed by atoms with van der Waals surface area (Å²) in [6.07, 6.45) is -2.77. The number of alkyl halides is 3. The normalized spacial score (nSPS) is 25.3. The third kappa shape index (κ3) is 4.83. The van der Waals surface area contributed by atoms with Crippen LogP contribution in [-0.2, 0) is 27.6 Å². The molecule has 1 aliphatic carbocycles. The molecule has 4 aliphatic rings. The largest absolute Gasteiger partial charge is 0.492 e. The summed E-state index contributed by atoms with van der Waals surface area (Å²) >= 11 is 0. The third-order valence-corrected chi connectivity index (χ3v) is 9.02. The fourth-order valence-corrected chi connectivity index (χ4v) is 6.87. The number of halogens is 3. The van der Waals surface area contributed by atoms with Gasteiger partial charge in [0, 0.05) is 24.7 Å². The molecule has 2 aromatic carbocycles. The number of aryl methyl sites for hydroxylation is 1. The van der Waals surface area contributed by atoms with E-state index in [0.717, 1.165) is 17.3 Å². The van der Waals surface area contributed by atoms with E-state index in [0.29, 0.717) is 43.7 Å². The molecule has 0 aromatic heterocycles. The van der Waals surface area contributed by atoms with Gasteiger partial charge in [0.25, 0.3) is 0 Å². The van der Waals surface area contributed by atoms with Gasteiger partial charge >= 0.3 is 6.18 Å². The molecule has 2 aromatic rings. The lowest BCUT2D eigenvalue weighted by Crippen LogP contribution is -2.57. The molecule has 1 saturated heterocycles. The van der Waals surface area contributed by atoms with Crippen LogP contribution in [0.2, 0.25) is 0 Å². The Morgan fingerprint density at radius 3 is 2.54 bits per heavy atom. The van der Waals surface area contributed by atoms with E-state index in [1.165, 1.54) is 4.90 Å². The number of carbonyl (C=O) groups excluding carboxylic acids is 2. The molecule has 11 heteroatoms. The van der Waals surface area contributed by atoms with Gasteiger partial charge in [0.2, 0.25) is 11.8 Å². The van der Waals surface area contributed by atoms with Crippen LogP contribution in [0, 0.1) is 6.57 Å². The molecule has 0 bridgehead atoms. The number of anilines is 2. The number of amides is 2. The summed E-state index contributed by atoms with van der Waals surface area (Å²) in [6.45, 7) is 10.8. The number of nitrogens with zero attached hydrogens (tertiary/aromatic N) is 3. The molecule has 1 spiro atoms. The Labute approximate surface area is 235 Å². The van der Waals surface area contributed by atoms with Crippen molar-refractivity contribution in [3.8, 4) is 5.75 Å². The van der Waals surface area contributed by atoms with Crippen molar-refractivity contribution in [1.82, 2.24) is 4.90 Å². The topological polar surface area (TPSA) is 86.5 Å². The number of benzene rings is 2. The summed E-state index contributed by atoms with van der Waals surface area (Å²) in [7, 11) is 0. The van der Waals surface area contributed by atoms with Crippen LogP contribution in [0.4, 0.5) is 30.2 Å². The van der Waals surface area contributed by atoms with Crippen LogP contribution in [-0.4, -0.2) is 59.7 Å². The highest BCUT2D eigenvalue weighted by Gasteiger charge is 2.49. The van der Waals surface area contributed by atoms with Crippen molar-refractivity contribution in [1.29, 1.82) is 0 Å². The molecule has 3 aliphatic heterocycles. The van der Waals surface area contributed by atoms with E-state index in [9.17, 15) is 27.9 Å². The van der Waals surface area contributed by atoms with Gasteiger partial charge in [0.15, 0.2) is 5.69 Å². The molecule has 2 amide bonds. The van der Waals surface area contributed by atoms with Crippen molar-refractivity contribution in [2.75, 3.05) is 36.5 Å². The van der Waals surface area contributed by atoms with Crippen molar-refractivity contribution in [3.05, 3.63) is 58.4 Å². The summed E-state index contributed by atoms with van der Waals surface area (Å²) < 4.78 is 48.5. The maximum Gasteiger partial charge on any atom is 0.418 e. The Morgan fingerprint density at radius 2 is 1.88 bits per heavy atom. The maximum absolute atomic E-state index is 14.2. The van der Waals surface area contributed by atoms with Gasteiger partial charge in [0.05, 0.1) is 28.8 Å². The monoisotopic (exact) mass is 568 g/mol. The van der Waals surface area contributed by atoms with E-state index in [1.807, 2.05) is 0 Å². The van der Waals surface area contributed by atoms with Crippen molar-refractivity contribution >= 4 is 28.9 Å². The Morgan fingerprint density at radius 1 is 1.15 bits per heavy atom. The van der Waals surface area contributed by atoms with Crippen molar-refractivity contribution in [2.45, 2.75) is 68.7 Å². The highest BCUT2D eigenvalue weighted by Crippen LogP contribution is 2.48. The van der Waals surface area contributed by atoms with Gasteiger partial charge in [-0.15, -0.1) is 0 Å². The zero-order valence-corrected chi connectivity index (χ0v) is 22.7. The number of hydrogen-bond acceptors (Lipinski definition) is 5. The van der Waals surface area contributed by atoms with Gasteiger partial charge in [-0.25, -0.2) is 4.85 Å². The predicted molar refractivity (Wildman–Crippen MR) is 145 cm³/mol. The molecular formula is C30H31F3N4O4. The molecule has 0 atom stereocenters. The molecule has 0 radical (unpaired) electrons. The minimum Gasteiger partial charge on any atom is -0.492 e. The van der Waals surface area contributed by atoms with Gasteiger partial charge in [-0.05, 0) is 81.4 Å². The summed E-state index contributed by atoms with van der Waals surface area (Å²) in [4.78, 5) is 32.5. The molecule has 1 saturated carbocycles. The van der Waals surface area contributed by atoms with Gasteiger partial charge in [0.1, 0.15) is 12.4 Å². The average Bonchev–Trinajstić information content (AvgIpc) is 3.17. The first kappa shape index (κ1) is 27.5. The standard InChI is InChI=1S/C30H31F3N4O4/c1-28(40)16-20(17-28)37-25(38)6-3-18-13-21(15-23(26(18)37)30(31,32)33)41-12-11-36-9-7-29(8-10-36)22-14-19(34-2)4-5-24(22)35-27(29)39/h4-5,13-15,20,40H,3,6-12,16-17H2,1H3,(H,35,39). The highest BCUT2D eigenvalue weighted by molar-refractivity contribution is 6.06. The number of carbonyl (C=O) groups is 2. The smallest absolute Gasteiger partial charge is 0.418 e. The third-order valence-electron chi connectivity index (χ3n) is 9.02. The summed E-state index contributed by atoms with van der Waals surface area (Å²) in [5, 5.41) is 13.1. The lowest BCUT2D eigenvalue weighted by atomic mass is 9.73. The van der Waals surface area contributed by atoms with E-state index in [1.54, 1.807) is 31.2 Å². The molecule has 2 fully saturated rings. The van der Waals surface area contributed by atoms with Gasteiger partial charge in [-0.2, -0.15) is 13.2 Å². The number of ether oxygens (including phenoxy) is 1. The van der Waals surface area contributed by atoms with E-state index >= 15 is 0 Å². The van der Waals surface area contributed by atoms with Crippen LogP contribution < -0.4 is 15.0 Å². The molecule has 6 rings (SSSR count). The second kappa shape index (κ2) is 9.74. The van der Waals surface area contributed by atoms with Crippen molar-refractivity contribution < 1.29 is 32.6 Å². The van der Waals surface area contributed by atoms with Crippen LogP contribution in [0.25, 0.3) is 4.85 Å². The first-order chi connectivity index (χ1) is 19.4. The Balaban J connectivity index is 1.14. The number of likely N-dealkylation sites (tertiary alicyclic amines) is 1. The molecular weight excluding hydrogens is 537 g/mol. The first-order valence-electron chi connectivity index (χ1n) is 13.9. The number of rotatable bonds is 5. The quantitative estimate of drug-likeness (QED) is 0.506. The van der Waals surface area contributed by atoms with E-state index in [4.69, 9.17) is 11.3 Å². The summed E-state index contributed by atoms with van der Waals surface area (Å²) in [5.74, 6) is -0.309. The number of fused-ring (bicyclic) bond motifs is 3. The molecule has 3 heterocycles. The Hall–Kier alpha value is -3.62. The lowest BCUT2D eigenvalue weighted by Gasteiger charge is -2.48. The zero-order chi connectivity index (χ0) is 29.2. The van der Waals surface area contributed by atoms with E-state index < -0.39 is 28.8 Å². The van der Waals surface area contributed by atoms with Gasteiger partial charge in [-0.3, -0.25) is 14.5 Å². The van der Waals surface area contributed by atoms with E-state index in [-0.39, 0.29) is 55.5 Å². The molecule has 2 N–H and O–H groups in total. The first-order valence-corrected chi connectivity index (χ1v) is 13.9. The van der Waals surface area contributed by atoms with Crippen LogP contribution in [0.1, 0.15) is 55.7 Å². The van der Waals surface area contributed by atoms with Crippen molar-refractivity contribution in [2.24, 2.45) is 0 Å². The number of hydrogen-bond donors (Lipinski definition) is 2. The minimum atomic E-state index is -4.68. The summed E-state index contributed by atoms with van der Waals surface area (Å²) in [6, 6.07) is 7.36. The van der Waals surface area contributed by atoms with E-state index in [2.05, 4.69) is 15.1 Å². The van der Waals surface area contributed by atoms with Crippen LogP contribution in [0.5, 0.6) is 5.75 Å². The SMILES string of the molecule is [C-]#[N+]c1ccc2c(c1)C1(CCN(CCOc3cc4c(c(C(F)(F)F)c3)N(C3CC(C)(O)C3)C(=O)CC4)CC1)C(=O)N2. The van der Waals surface area contributed by atoms with Crippen LogP contribution in [0.3, 0.4) is 0 Å². The predicted octanol–water partition coefficient (Wildman–Crippen LogP) is 4.81. The Kier molecular flexibility index (Phi) is 6.54.